The van der Waals surface area contributed by atoms with Gasteiger partial charge >= 0.3 is 0 Å². The number of aryl methyl sites for hydroxylation is 2. The second-order valence-electron chi connectivity index (χ2n) is 5.65. The fourth-order valence-corrected chi connectivity index (χ4v) is 2.54. The third kappa shape index (κ3) is 2.36. The van der Waals surface area contributed by atoms with Crippen LogP contribution in [-0.4, -0.2) is 26.1 Å². The van der Waals surface area contributed by atoms with E-state index in [-0.39, 0.29) is 5.91 Å². The van der Waals surface area contributed by atoms with Crippen LogP contribution in [0.4, 0.5) is 5.69 Å². The van der Waals surface area contributed by atoms with E-state index in [1.165, 1.54) is 23.7 Å². The van der Waals surface area contributed by atoms with Crippen molar-refractivity contribution in [1.29, 1.82) is 0 Å². The average Bonchev–Trinajstić information content (AvgIpc) is 3.26. The Morgan fingerprint density at radius 3 is 2.88 bits per heavy atom. The maximum Gasteiger partial charge on any atom is 0.259 e. The van der Waals surface area contributed by atoms with Gasteiger partial charge in [0.25, 0.3) is 5.91 Å². The molecule has 0 unspecified atom stereocenters. The molecule has 0 aliphatic rings. The number of aromatic amines is 2. The van der Waals surface area contributed by atoms with Crippen LogP contribution in [0.5, 0.6) is 0 Å². The van der Waals surface area contributed by atoms with Crippen molar-refractivity contribution in [1.82, 2.24) is 20.2 Å². The van der Waals surface area contributed by atoms with E-state index in [0.29, 0.717) is 22.8 Å². The summed E-state index contributed by atoms with van der Waals surface area (Å²) < 4.78 is 4.93. The lowest BCUT2D eigenvalue weighted by atomic mass is 10.1. The summed E-state index contributed by atoms with van der Waals surface area (Å²) in [5.74, 6) is 0.327. The first-order valence-electron chi connectivity index (χ1n) is 7.46. The molecule has 0 radical (unpaired) electrons. The van der Waals surface area contributed by atoms with E-state index in [9.17, 15) is 4.79 Å². The van der Waals surface area contributed by atoms with Gasteiger partial charge in [-0.3, -0.25) is 9.89 Å². The van der Waals surface area contributed by atoms with Crippen LogP contribution in [0.1, 0.15) is 21.5 Å². The number of hydrogen-bond donors (Lipinski definition) is 3. The second kappa shape index (κ2) is 5.38. The molecule has 7 heteroatoms. The quantitative estimate of drug-likeness (QED) is 0.538. The van der Waals surface area contributed by atoms with Gasteiger partial charge in [-0.2, -0.15) is 5.10 Å². The van der Waals surface area contributed by atoms with Gasteiger partial charge in [0, 0.05) is 6.20 Å². The first kappa shape index (κ1) is 14.3. The predicted molar refractivity (Wildman–Crippen MR) is 89.8 cm³/mol. The van der Waals surface area contributed by atoms with Gasteiger partial charge in [0.1, 0.15) is 6.26 Å². The summed E-state index contributed by atoms with van der Waals surface area (Å²) >= 11 is 0. The number of anilines is 1. The number of hydrogen-bond acceptors (Lipinski definition) is 4. The Bertz CT molecular complexity index is 988. The molecular weight excluding hydrogens is 306 g/mol. The van der Waals surface area contributed by atoms with E-state index < -0.39 is 0 Å². The lowest BCUT2D eigenvalue weighted by Crippen LogP contribution is -2.11. The third-order valence-electron chi connectivity index (χ3n) is 3.99. The second-order valence-corrected chi connectivity index (χ2v) is 5.65. The number of carbonyl (C=O) groups is 1. The summed E-state index contributed by atoms with van der Waals surface area (Å²) in [4.78, 5) is 20.0. The van der Waals surface area contributed by atoms with Gasteiger partial charge in [-0.05, 0) is 43.2 Å². The van der Waals surface area contributed by atoms with Crippen LogP contribution in [-0.2, 0) is 0 Å². The number of fused-ring (bicyclic) bond motifs is 1. The number of nitrogens with one attached hydrogen (secondary N) is 3. The van der Waals surface area contributed by atoms with Crippen molar-refractivity contribution in [2.45, 2.75) is 13.8 Å². The van der Waals surface area contributed by atoms with Crippen LogP contribution in [0.2, 0.25) is 0 Å². The summed E-state index contributed by atoms with van der Waals surface area (Å²) in [5, 5.41) is 9.78. The summed E-state index contributed by atoms with van der Waals surface area (Å²) in [6.45, 7) is 4.11. The fourth-order valence-electron chi connectivity index (χ4n) is 2.54. The van der Waals surface area contributed by atoms with Gasteiger partial charge in [-0.1, -0.05) is 0 Å². The number of imidazole rings is 1. The molecule has 3 heterocycles. The van der Waals surface area contributed by atoms with E-state index in [0.717, 1.165) is 11.0 Å². The fraction of sp³-hybridized carbons (Fsp3) is 0.118. The van der Waals surface area contributed by atoms with Crippen molar-refractivity contribution in [3.63, 3.8) is 0 Å². The highest BCUT2D eigenvalue weighted by atomic mass is 16.3. The topological polar surface area (TPSA) is 99.6 Å². The van der Waals surface area contributed by atoms with Gasteiger partial charge in [0.2, 0.25) is 0 Å². The highest BCUT2D eigenvalue weighted by Gasteiger charge is 2.16. The summed E-state index contributed by atoms with van der Waals surface area (Å²) in [7, 11) is 0. The maximum absolute atomic E-state index is 12.2. The first-order chi connectivity index (χ1) is 11.6. The molecule has 7 nitrogen and oxygen atoms in total. The average molecular weight is 321 g/mol. The van der Waals surface area contributed by atoms with Gasteiger partial charge in [-0.25, -0.2) is 4.98 Å². The highest BCUT2D eigenvalue weighted by molar-refractivity contribution is 6.05. The van der Waals surface area contributed by atoms with E-state index in [4.69, 9.17) is 4.42 Å². The number of benzene rings is 1. The maximum atomic E-state index is 12.2. The Labute approximate surface area is 137 Å². The van der Waals surface area contributed by atoms with Gasteiger partial charge < -0.3 is 14.7 Å². The molecule has 0 spiro atoms. The van der Waals surface area contributed by atoms with Crippen LogP contribution in [0.3, 0.4) is 0 Å². The molecule has 24 heavy (non-hydrogen) atoms. The van der Waals surface area contributed by atoms with E-state index in [1.54, 1.807) is 12.3 Å². The van der Waals surface area contributed by atoms with E-state index in [1.807, 2.05) is 13.0 Å². The Kier molecular flexibility index (Phi) is 3.19. The standard InChI is InChI=1S/C17H15N5O2/c1-9-5-12-13(6-10(9)2)20-16(19-12)15-14(7-18-22-15)21-17(23)11-3-4-24-8-11/h3-8H,1-2H3,(H,18,22)(H,19,20)(H,21,23). The van der Waals surface area contributed by atoms with Crippen molar-refractivity contribution < 1.29 is 9.21 Å². The van der Waals surface area contributed by atoms with Crippen LogP contribution in [0.25, 0.3) is 22.6 Å². The third-order valence-corrected chi connectivity index (χ3v) is 3.99. The van der Waals surface area contributed by atoms with E-state index in [2.05, 4.69) is 38.5 Å². The zero-order valence-electron chi connectivity index (χ0n) is 13.2. The molecule has 0 saturated heterocycles. The minimum absolute atomic E-state index is 0.269. The monoisotopic (exact) mass is 321 g/mol. The van der Waals surface area contributed by atoms with Crippen molar-refractivity contribution in [2.24, 2.45) is 0 Å². The Morgan fingerprint density at radius 2 is 2.08 bits per heavy atom. The molecule has 0 fully saturated rings. The summed E-state index contributed by atoms with van der Waals surface area (Å²) in [5.41, 5.74) is 5.71. The van der Waals surface area contributed by atoms with Crippen LogP contribution in [0, 0.1) is 13.8 Å². The number of nitrogens with zero attached hydrogens (tertiary/aromatic N) is 2. The molecule has 0 saturated carbocycles. The number of aromatic nitrogens is 4. The number of rotatable bonds is 3. The molecule has 1 aromatic carbocycles. The van der Waals surface area contributed by atoms with Gasteiger partial charge in [-0.15, -0.1) is 0 Å². The molecule has 3 aromatic heterocycles. The van der Waals surface area contributed by atoms with Crippen LogP contribution >= 0.6 is 0 Å². The molecule has 4 rings (SSSR count). The van der Waals surface area contributed by atoms with Crippen LogP contribution < -0.4 is 5.32 Å². The molecular formula is C17H15N5O2. The zero-order valence-corrected chi connectivity index (χ0v) is 13.2. The SMILES string of the molecule is Cc1cc2nc(-c3n[nH]cc3NC(=O)c3ccoc3)[nH]c2cc1C. The molecule has 1 amide bonds. The lowest BCUT2D eigenvalue weighted by molar-refractivity contribution is 0.102. The number of H-pyrrole nitrogens is 2. The van der Waals surface area contributed by atoms with Crippen molar-refractivity contribution in [2.75, 3.05) is 5.32 Å². The molecule has 0 bridgehead atoms. The molecule has 0 atom stereocenters. The zero-order chi connectivity index (χ0) is 16.7. The summed E-state index contributed by atoms with van der Waals surface area (Å²) in [6, 6.07) is 5.68. The Balaban J connectivity index is 1.70. The number of carbonyl (C=O) groups excluding carboxylic acids is 1. The van der Waals surface area contributed by atoms with Crippen LogP contribution in [0.15, 0.2) is 41.3 Å². The largest absolute Gasteiger partial charge is 0.472 e. The normalized spacial score (nSPS) is 11.1. The highest BCUT2D eigenvalue weighted by Crippen LogP contribution is 2.27. The van der Waals surface area contributed by atoms with Crippen molar-refractivity contribution in [3.05, 3.63) is 53.6 Å². The number of furan rings is 1. The lowest BCUT2D eigenvalue weighted by Gasteiger charge is -2.01. The molecule has 120 valence electrons. The van der Waals surface area contributed by atoms with Gasteiger partial charge in [0.05, 0.1) is 28.5 Å². The molecule has 0 aliphatic heterocycles. The minimum Gasteiger partial charge on any atom is -0.472 e. The first-order valence-corrected chi connectivity index (χ1v) is 7.46. The smallest absolute Gasteiger partial charge is 0.259 e. The Hall–Kier alpha value is -3.35. The van der Waals surface area contributed by atoms with E-state index >= 15 is 0 Å². The van der Waals surface area contributed by atoms with Gasteiger partial charge in [0.15, 0.2) is 11.5 Å². The molecule has 0 aliphatic carbocycles. The minimum atomic E-state index is -0.269. The van der Waals surface area contributed by atoms with Crippen molar-refractivity contribution in [3.8, 4) is 11.5 Å². The summed E-state index contributed by atoms with van der Waals surface area (Å²) in [6.07, 6.45) is 4.47. The van der Waals surface area contributed by atoms with Crippen molar-refractivity contribution >= 4 is 22.6 Å². The number of amides is 1. The Morgan fingerprint density at radius 1 is 1.25 bits per heavy atom. The molecule has 4 aromatic rings. The predicted octanol–water partition coefficient (Wildman–Crippen LogP) is 3.42. The molecule has 3 N–H and O–H groups in total.